The molecule has 94 valence electrons. The van der Waals surface area contributed by atoms with Gasteiger partial charge in [0, 0.05) is 4.47 Å². The highest BCUT2D eigenvalue weighted by atomic mass is 79.9. The average molecular weight is 357 g/mol. The Balaban J connectivity index is 2.43. The van der Waals surface area contributed by atoms with Gasteiger partial charge in [0.05, 0.1) is 0 Å². The third-order valence-electron chi connectivity index (χ3n) is 1.76. The largest absolute Gasteiger partial charge is 0.433 e. The van der Waals surface area contributed by atoms with Crippen LogP contribution in [0.15, 0.2) is 16.6 Å². The number of halogens is 5. The van der Waals surface area contributed by atoms with Crippen molar-refractivity contribution in [3.63, 3.8) is 0 Å². The molecule has 1 aromatic carbocycles. The molecule has 4 nitrogen and oxygen atoms in total. The van der Waals surface area contributed by atoms with Gasteiger partial charge in [-0.05, 0) is 23.7 Å². The summed E-state index contributed by atoms with van der Waals surface area (Å²) in [5.41, 5.74) is 0. The van der Waals surface area contributed by atoms with E-state index in [4.69, 9.17) is 27.9 Å². The van der Waals surface area contributed by atoms with E-state index < -0.39 is 17.4 Å². The topological polar surface area (TPSA) is 47.9 Å². The van der Waals surface area contributed by atoms with E-state index in [2.05, 4.69) is 31.1 Å². The Morgan fingerprint density at radius 3 is 2.61 bits per heavy atom. The van der Waals surface area contributed by atoms with Crippen LogP contribution >= 0.6 is 39.1 Å². The number of hydrogen-bond acceptors (Lipinski definition) is 4. The van der Waals surface area contributed by atoms with Crippen LogP contribution in [-0.4, -0.2) is 15.2 Å². The van der Waals surface area contributed by atoms with E-state index >= 15 is 0 Å². The van der Waals surface area contributed by atoms with Crippen LogP contribution in [-0.2, 0) is 0 Å². The first-order valence-corrected chi connectivity index (χ1v) is 5.90. The van der Waals surface area contributed by atoms with E-state index in [0.29, 0.717) is 4.47 Å². The quantitative estimate of drug-likeness (QED) is 0.763. The molecule has 0 fully saturated rings. The minimum absolute atomic E-state index is 0.223. The molecule has 9 heteroatoms. The molecule has 0 saturated carbocycles. The van der Waals surface area contributed by atoms with Gasteiger partial charge in [-0.3, -0.25) is 0 Å². The van der Waals surface area contributed by atoms with Gasteiger partial charge in [0.2, 0.25) is 16.3 Å². The highest BCUT2D eigenvalue weighted by Crippen LogP contribution is 2.31. The van der Waals surface area contributed by atoms with Crippen molar-refractivity contribution in [2.75, 3.05) is 0 Å². The van der Waals surface area contributed by atoms with Crippen molar-refractivity contribution in [3.8, 4) is 11.6 Å². The zero-order valence-electron chi connectivity index (χ0n) is 8.29. The number of ether oxygens (including phenoxy) is 1. The molecule has 1 heterocycles. The van der Waals surface area contributed by atoms with Crippen molar-refractivity contribution < 1.29 is 13.5 Å². The maximum atomic E-state index is 13.4. The van der Waals surface area contributed by atoms with E-state index in [1.165, 1.54) is 6.07 Å². The molecule has 0 aliphatic carbocycles. The second kappa shape index (κ2) is 5.29. The third-order valence-corrected chi connectivity index (χ3v) is 2.61. The van der Waals surface area contributed by atoms with E-state index in [1.54, 1.807) is 0 Å². The summed E-state index contributed by atoms with van der Waals surface area (Å²) in [5.74, 6) is -2.93. The molecule has 0 atom stereocenters. The van der Waals surface area contributed by atoms with Gasteiger partial charge in [-0.1, -0.05) is 27.5 Å². The van der Waals surface area contributed by atoms with Gasteiger partial charge in [0.25, 0.3) is 5.88 Å². The standard InChI is InChI=1S/C9H2BrCl2F2N3O/c10-3-1-4(13)6(14)5(2-3)18-8-7(11)16-17-9(12)15-8/h1-2H. The normalized spacial score (nSPS) is 10.5. The predicted molar refractivity (Wildman–Crippen MR) is 64.0 cm³/mol. The highest BCUT2D eigenvalue weighted by Gasteiger charge is 2.15. The fraction of sp³-hybridized carbons (Fsp3) is 0. The molecule has 0 saturated heterocycles. The predicted octanol–water partition coefficient (Wildman–Crippen LogP) is 4.01. The van der Waals surface area contributed by atoms with Crippen LogP contribution in [0.4, 0.5) is 8.78 Å². The zero-order chi connectivity index (χ0) is 13.3. The molecule has 18 heavy (non-hydrogen) atoms. The van der Waals surface area contributed by atoms with Crippen molar-refractivity contribution in [2.24, 2.45) is 0 Å². The van der Waals surface area contributed by atoms with Gasteiger partial charge in [-0.15, -0.1) is 10.2 Å². The van der Waals surface area contributed by atoms with E-state index in [1.807, 2.05) is 0 Å². The summed E-state index contributed by atoms with van der Waals surface area (Å²) in [7, 11) is 0. The van der Waals surface area contributed by atoms with Crippen LogP contribution in [0.5, 0.6) is 11.6 Å². The first-order valence-electron chi connectivity index (χ1n) is 4.35. The van der Waals surface area contributed by atoms with E-state index in [-0.39, 0.29) is 16.3 Å². The molecular weight excluding hydrogens is 355 g/mol. The van der Waals surface area contributed by atoms with Gasteiger partial charge < -0.3 is 4.74 Å². The molecule has 0 aliphatic rings. The number of benzene rings is 1. The van der Waals surface area contributed by atoms with Crippen molar-refractivity contribution >= 4 is 39.1 Å². The second-order valence-corrected chi connectivity index (χ2v) is 4.59. The van der Waals surface area contributed by atoms with Crippen LogP contribution in [0.3, 0.4) is 0 Å². The molecular formula is C9H2BrCl2F2N3O. The molecule has 0 bridgehead atoms. The lowest BCUT2D eigenvalue weighted by Gasteiger charge is -2.07. The lowest BCUT2D eigenvalue weighted by atomic mass is 10.3. The van der Waals surface area contributed by atoms with E-state index in [9.17, 15) is 8.78 Å². The molecule has 0 radical (unpaired) electrons. The van der Waals surface area contributed by atoms with Gasteiger partial charge in [0.1, 0.15) is 0 Å². The first kappa shape index (κ1) is 13.4. The van der Waals surface area contributed by atoms with Gasteiger partial charge in [-0.2, -0.15) is 9.37 Å². The van der Waals surface area contributed by atoms with Crippen molar-refractivity contribution in [1.82, 2.24) is 15.2 Å². The molecule has 2 aromatic rings. The monoisotopic (exact) mass is 355 g/mol. The Bertz CT molecular complexity index is 615. The fourth-order valence-corrected chi connectivity index (χ4v) is 1.70. The Morgan fingerprint density at radius 2 is 1.89 bits per heavy atom. The summed E-state index contributed by atoms with van der Waals surface area (Å²) >= 11 is 14.1. The molecule has 2 rings (SSSR count). The van der Waals surface area contributed by atoms with E-state index in [0.717, 1.165) is 6.07 Å². The Kier molecular flexibility index (Phi) is 3.94. The Hall–Kier alpha value is -1.05. The summed E-state index contributed by atoms with van der Waals surface area (Å²) in [4.78, 5) is 3.60. The summed E-state index contributed by atoms with van der Waals surface area (Å²) in [6, 6.07) is 2.17. The Labute approximate surface area is 118 Å². The molecule has 0 aliphatic heterocycles. The van der Waals surface area contributed by atoms with Gasteiger partial charge >= 0.3 is 0 Å². The van der Waals surface area contributed by atoms with Gasteiger partial charge in [-0.25, -0.2) is 4.39 Å². The summed E-state index contributed by atoms with van der Waals surface area (Å²) < 4.78 is 31.9. The van der Waals surface area contributed by atoms with Crippen molar-refractivity contribution in [1.29, 1.82) is 0 Å². The number of nitrogens with zero attached hydrogens (tertiary/aromatic N) is 3. The minimum atomic E-state index is -1.18. The van der Waals surface area contributed by atoms with Crippen molar-refractivity contribution in [2.45, 2.75) is 0 Å². The average Bonchev–Trinajstić information content (AvgIpc) is 2.30. The van der Waals surface area contributed by atoms with Crippen molar-refractivity contribution in [3.05, 3.63) is 38.7 Å². The lowest BCUT2D eigenvalue weighted by molar-refractivity contribution is 0.402. The molecule has 0 N–H and O–H groups in total. The lowest BCUT2D eigenvalue weighted by Crippen LogP contribution is -1.97. The van der Waals surface area contributed by atoms with Crippen LogP contribution in [0.1, 0.15) is 0 Å². The minimum Gasteiger partial charge on any atom is -0.433 e. The summed E-state index contributed by atoms with van der Waals surface area (Å²) in [6.07, 6.45) is 0. The molecule has 0 amide bonds. The zero-order valence-corrected chi connectivity index (χ0v) is 11.4. The number of rotatable bonds is 2. The smallest absolute Gasteiger partial charge is 0.262 e. The van der Waals surface area contributed by atoms with Crippen LogP contribution in [0, 0.1) is 11.6 Å². The number of hydrogen-bond donors (Lipinski definition) is 0. The molecule has 0 spiro atoms. The van der Waals surface area contributed by atoms with Crippen LogP contribution < -0.4 is 4.74 Å². The SMILES string of the molecule is Fc1cc(Br)cc(Oc2nc(Cl)nnc2Cl)c1F. The Morgan fingerprint density at radius 1 is 1.17 bits per heavy atom. The second-order valence-electron chi connectivity index (χ2n) is 2.98. The fourth-order valence-electron chi connectivity index (χ4n) is 1.06. The molecule has 1 aromatic heterocycles. The summed E-state index contributed by atoms with van der Waals surface area (Å²) in [6.45, 7) is 0. The molecule has 0 unspecified atom stereocenters. The first-order chi connectivity index (χ1) is 8.47. The third kappa shape index (κ3) is 2.85. The van der Waals surface area contributed by atoms with Crippen LogP contribution in [0.25, 0.3) is 0 Å². The maximum Gasteiger partial charge on any atom is 0.262 e. The maximum absolute atomic E-state index is 13.4. The summed E-state index contributed by atoms with van der Waals surface area (Å²) in [5, 5.41) is 6.32. The van der Waals surface area contributed by atoms with Gasteiger partial charge in [0.15, 0.2) is 11.6 Å². The van der Waals surface area contributed by atoms with Crippen LogP contribution in [0.2, 0.25) is 10.4 Å². The highest BCUT2D eigenvalue weighted by molar-refractivity contribution is 9.10. The number of aromatic nitrogens is 3.